The second-order valence-corrected chi connectivity index (χ2v) is 3.88. The molecule has 12 heavy (non-hydrogen) atoms. The molecule has 1 heterocycles. The Balaban J connectivity index is 2.01. The summed E-state index contributed by atoms with van der Waals surface area (Å²) >= 11 is 0. The van der Waals surface area contributed by atoms with Crippen molar-refractivity contribution in [1.82, 2.24) is 10.2 Å². The van der Waals surface area contributed by atoms with Gasteiger partial charge in [-0.1, -0.05) is 0 Å². The maximum absolute atomic E-state index is 10.7. The fraction of sp³-hybridized carbons (Fsp3) is 0.875. The first kappa shape index (κ1) is 7.86. The van der Waals surface area contributed by atoms with Crippen molar-refractivity contribution in [1.29, 1.82) is 0 Å². The van der Waals surface area contributed by atoms with Crippen molar-refractivity contribution in [2.75, 3.05) is 26.2 Å². The Kier molecular flexibility index (Phi) is 1.72. The Labute approximate surface area is 71.5 Å². The fourth-order valence-electron chi connectivity index (χ4n) is 1.78. The van der Waals surface area contributed by atoms with E-state index >= 15 is 0 Å². The summed E-state index contributed by atoms with van der Waals surface area (Å²) in [6.45, 7) is 3.16. The third-order valence-electron chi connectivity index (χ3n) is 2.81. The molecule has 0 bridgehead atoms. The molecular weight excluding hydrogens is 156 g/mol. The van der Waals surface area contributed by atoms with Crippen LogP contribution in [0.15, 0.2) is 0 Å². The highest BCUT2D eigenvalue weighted by atomic mass is 16.4. The van der Waals surface area contributed by atoms with Gasteiger partial charge in [-0.2, -0.15) is 0 Å². The summed E-state index contributed by atoms with van der Waals surface area (Å²) in [5.74, 6) is 0. The van der Waals surface area contributed by atoms with Crippen LogP contribution in [0, 0.1) is 5.41 Å². The normalized spacial score (nSPS) is 26.8. The van der Waals surface area contributed by atoms with E-state index in [1.54, 1.807) is 0 Å². The highest BCUT2D eigenvalue weighted by Gasteiger charge is 2.45. The largest absolute Gasteiger partial charge is 0.465 e. The van der Waals surface area contributed by atoms with Gasteiger partial charge in [-0.15, -0.1) is 0 Å². The SMILES string of the molecule is O=C(O)N1CCNCC2(CC2)C1. The zero-order valence-electron chi connectivity index (χ0n) is 7.05. The number of carboxylic acid groups (broad SMARTS) is 1. The number of hydrogen-bond donors (Lipinski definition) is 2. The first-order valence-corrected chi connectivity index (χ1v) is 4.41. The maximum Gasteiger partial charge on any atom is 0.407 e. The van der Waals surface area contributed by atoms with Gasteiger partial charge in [0.05, 0.1) is 0 Å². The quantitative estimate of drug-likeness (QED) is 0.551. The van der Waals surface area contributed by atoms with Crippen LogP contribution in [-0.2, 0) is 0 Å². The van der Waals surface area contributed by atoms with E-state index < -0.39 is 6.09 Å². The molecule has 4 nitrogen and oxygen atoms in total. The van der Waals surface area contributed by atoms with E-state index in [1.165, 1.54) is 17.7 Å². The van der Waals surface area contributed by atoms with Gasteiger partial charge >= 0.3 is 6.09 Å². The van der Waals surface area contributed by atoms with Crippen molar-refractivity contribution in [2.24, 2.45) is 5.41 Å². The Morgan fingerprint density at radius 1 is 1.50 bits per heavy atom. The van der Waals surface area contributed by atoms with E-state index in [9.17, 15) is 4.79 Å². The van der Waals surface area contributed by atoms with Crippen LogP contribution in [0.3, 0.4) is 0 Å². The highest BCUT2D eigenvalue weighted by molar-refractivity contribution is 5.65. The van der Waals surface area contributed by atoms with Gasteiger partial charge in [0, 0.05) is 31.6 Å². The molecule has 1 saturated carbocycles. The summed E-state index contributed by atoms with van der Waals surface area (Å²) in [6, 6.07) is 0. The van der Waals surface area contributed by atoms with E-state index in [2.05, 4.69) is 5.32 Å². The topological polar surface area (TPSA) is 52.6 Å². The molecule has 0 aromatic carbocycles. The molecule has 68 valence electrons. The van der Waals surface area contributed by atoms with E-state index in [-0.39, 0.29) is 0 Å². The number of rotatable bonds is 0. The molecular formula is C8H14N2O2. The minimum atomic E-state index is -0.773. The average molecular weight is 170 g/mol. The second-order valence-electron chi connectivity index (χ2n) is 3.88. The predicted octanol–water partition coefficient (Wildman–Crippen LogP) is 0.350. The monoisotopic (exact) mass is 170 g/mol. The summed E-state index contributed by atoms with van der Waals surface area (Å²) < 4.78 is 0. The highest BCUT2D eigenvalue weighted by Crippen LogP contribution is 2.46. The lowest BCUT2D eigenvalue weighted by molar-refractivity contribution is 0.140. The van der Waals surface area contributed by atoms with Gasteiger partial charge in [0.25, 0.3) is 0 Å². The number of nitrogens with one attached hydrogen (secondary N) is 1. The Morgan fingerprint density at radius 3 is 2.83 bits per heavy atom. The third kappa shape index (κ3) is 1.39. The molecule has 1 spiro atoms. The molecule has 0 radical (unpaired) electrons. The standard InChI is InChI=1S/C8H14N2O2/c11-7(12)10-4-3-9-5-8(6-10)1-2-8/h9H,1-6H2,(H,11,12). The van der Waals surface area contributed by atoms with E-state index in [4.69, 9.17) is 5.11 Å². The number of amides is 1. The summed E-state index contributed by atoms with van der Waals surface area (Å²) in [5.41, 5.74) is 0.300. The molecule has 1 aliphatic heterocycles. The molecule has 2 fully saturated rings. The molecule has 4 heteroatoms. The predicted molar refractivity (Wildman–Crippen MR) is 44.1 cm³/mol. The zero-order valence-corrected chi connectivity index (χ0v) is 7.05. The lowest BCUT2D eigenvalue weighted by Crippen LogP contribution is -2.35. The van der Waals surface area contributed by atoms with Crippen molar-refractivity contribution in [3.8, 4) is 0 Å². The van der Waals surface area contributed by atoms with Crippen LogP contribution in [0.5, 0.6) is 0 Å². The van der Waals surface area contributed by atoms with Gasteiger partial charge in [0.2, 0.25) is 0 Å². The molecule has 1 aliphatic carbocycles. The smallest absolute Gasteiger partial charge is 0.407 e. The zero-order chi connectivity index (χ0) is 8.60. The van der Waals surface area contributed by atoms with Gasteiger partial charge in [-0.05, 0) is 12.8 Å². The van der Waals surface area contributed by atoms with Crippen molar-refractivity contribution in [3.63, 3.8) is 0 Å². The van der Waals surface area contributed by atoms with Crippen LogP contribution in [0.2, 0.25) is 0 Å². The summed E-state index contributed by atoms with van der Waals surface area (Å²) in [7, 11) is 0. The number of hydrogen-bond acceptors (Lipinski definition) is 2. The van der Waals surface area contributed by atoms with Crippen LogP contribution in [0.4, 0.5) is 4.79 Å². The molecule has 0 aromatic rings. The maximum atomic E-state index is 10.7. The molecule has 0 aromatic heterocycles. The lowest BCUT2D eigenvalue weighted by atomic mass is 10.1. The van der Waals surface area contributed by atoms with Gasteiger partial charge < -0.3 is 15.3 Å². The van der Waals surface area contributed by atoms with Crippen LogP contribution in [0.1, 0.15) is 12.8 Å². The molecule has 1 saturated heterocycles. The molecule has 2 aliphatic rings. The Hall–Kier alpha value is -0.770. The molecule has 0 atom stereocenters. The fourth-order valence-corrected chi connectivity index (χ4v) is 1.78. The van der Waals surface area contributed by atoms with E-state index in [1.807, 2.05) is 0 Å². The van der Waals surface area contributed by atoms with Gasteiger partial charge in [-0.25, -0.2) is 4.79 Å². The van der Waals surface area contributed by atoms with Crippen molar-refractivity contribution < 1.29 is 9.90 Å². The molecule has 2 rings (SSSR count). The minimum Gasteiger partial charge on any atom is -0.465 e. The summed E-state index contributed by atoms with van der Waals surface area (Å²) in [4.78, 5) is 12.3. The van der Waals surface area contributed by atoms with E-state index in [0.29, 0.717) is 12.0 Å². The molecule has 0 unspecified atom stereocenters. The van der Waals surface area contributed by atoms with Crippen molar-refractivity contribution >= 4 is 6.09 Å². The van der Waals surface area contributed by atoms with Crippen molar-refractivity contribution in [2.45, 2.75) is 12.8 Å². The average Bonchev–Trinajstić information content (AvgIpc) is 2.80. The number of nitrogens with zero attached hydrogens (tertiary/aromatic N) is 1. The first-order chi connectivity index (χ1) is 5.72. The minimum absolute atomic E-state index is 0.300. The third-order valence-corrected chi connectivity index (χ3v) is 2.81. The van der Waals surface area contributed by atoms with Crippen LogP contribution < -0.4 is 5.32 Å². The van der Waals surface area contributed by atoms with Crippen LogP contribution in [-0.4, -0.2) is 42.3 Å². The van der Waals surface area contributed by atoms with Gasteiger partial charge in [-0.3, -0.25) is 0 Å². The number of carbonyl (C=O) groups is 1. The Bertz CT molecular complexity index is 201. The summed E-state index contributed by atoms with van der Waals surface area (Å²) in [6.07, 6.45) is 1.60. The van der Waals surface area contributed by atoms with Crippen LogP contribution >= 0.6 is 0 Å². The van der Waals surface area contributed by atoms with Crippen LogP contribution in [0.25, 0.3) is 0 Å². The lowest BCUT2D eigenvalue weighted by Gasteiger charge is -2.19. The van der Waals surface area contributed by atoms with Gasteiger partial charge in [0.1, 0.15) is 0 Å². The molecule has 2 N–H and O–H groups in total. The second kappa shape index (κ2) is 2.62. The van der Waals surface area contributed by atoms with E-state index in [0.717, 1.165) is 19.6 Å². The van der Waals surface area contributed by atoms with Crippen molar-refractivity contribution in [3.05, 3.63) is 0 Å². The Morgan fingerprint density at radius 2 is 2.25 bits per heavy atom. The first-order valence-electron chi connectivity index (χ1n) is 4.41. The molecule has 1 amide bonds. The summed E-state index contributed by atoms with van der Waals surface area (Å²) in [5, 5.41) is 12.1. The van der Waals surface area contributed by atoms with Gasteiger partial charge in [0.15, 0.2) is 0 Å².